The van der Waals surface area contributed by atoms with Crippen LogP contribution < -0.4 is 5.32 Å². The Morgan fingerprint density at radius 2 is 2.14 bits per heavy atom. The third-order valence-corrected chi connectivity index (χ3v) is 3.24. The lowest BCUT2D eigenvalue weighted by molar-refractivity contribution is -0.131. The lowest BCUT2D eigenvalue weighted by Gasteiger charge is -2.34. The third kappa shape index (κ3) is 3.05. The molecular weight excluding hydrogens is 178 g/mol. The largest absolute Gasteiger partial charge is 0.478 e. The molecule has 0 aromatic carbocycles. The van der Waals surface area contributed by atoms with Crippen LogP contribution in [0.15, 0.2) is 12.3 Å². The minimum Gasteiger partial charge on any atom is -0.478 e. The van der Waals surface area contributed by atoms with E-state index in [-0.39, 0.29) is 0 Å². The average Bonchev–Trinajstić information content (AvgIpc) is 2.12. The Hall–Kier alpha value is -0.990. The molecule has 0 bridgehead atoms. The van der Waals surface area contributed by atoms with Crippen molar-refractivity contribution >= 4 is 5.97 Å². The van der Waals surface area contributed by atoms with Gasteiger partial charge in [0.25, 0.3) is 0 Å². The normalized spacial score (nSPS) is 33.1. The van der Waals surface area contributed by atoms with Gasteiger partial charge in [0.15, 0.2) is 0 Å². The second-order valence-electron chi connectivity index (χ2n) is 4.21. The number of hydrogen-bond acceptors (Lipinski definition) is 2. The van der Waals surface area contributed by atoms with Crippen molar-refractivity contribution < 1.29 is 9.90 Å². The Morgan fingerprint density at radius 3 is 2.79 bits per heavy atom. The van der Waals surface area contributed by atoms with E-state index in [0.29, 0.717) is 12.0 Å². The molecule has 3 atom stereocenters. The van der Waals surface area contributed by atoms with Crippen molar-refractivity contribution in [1.82, 2.24) is 5.32 Å². The highest BCUT2D eigenvalue weighted by Gasteiger charge is 2.25. The smallest absolute Gasteiger partial charge is 0.329 e. The van der Waals surface area contributed by atoms with Crippen LogP contribution in [0.25, 0.3) is 0 Å². The number of nitrogens with one attached hydrogen (secondary N) is 1. The molecule has 0 aliphatic heterocycles. The summed E-state index contributed by atoms with van der Waals surface area (Å²) in [7, 11) is 0. The highest BCUT2D eigenvalue weighted by molar-refractivity contribution is 5.79. The summed E-state index contributed by atoms with van der Waals surface area (Å²) in [6.07, 6.45) is 6.40. The van der Waals surface area contributed by atoms with Gasteiger partial charge < -0.3 is 10.4 Å². The zero-order chi connectivity index (χ0) is 10.6. The van der Waals surface area contributed by atoms with Crippen LogP contribution in [0, 0.1) is 11.8 Å². The van der Waals surface area contributed by atoms with Crippen molar-refractivity contribution in [3.05, 3.63) is 12.3 Å². The summed E-state index contributed by atoms with van der Waals surface area (Å²) in [4.78, 5) is 10.3. The van der Waals surface area contributed by atoms with Gasteiger partial charge in [0.1, 0.15) is 0 Å². The minimum absolute atomic E-state index is 0.439. The molecular formula is C11H19NO2. The van der Waals surface area contributed by atoms with E-state index < -0.39 is 5.97 Å². The first-order valence-electron chi connectivity index (χ1n) is 5.26. The van der Waals surface area contributed by atoms with E-state index in [4.69, 9.17) is 5.11 Å². The summed E-state index contributed by atoms with van der Waals surface area (Å²) < 4.78 is 0. The van der Waals surface area contributed by atoms with Crippen LogP contribution in [0.4, 0.5) is 0 Å². The van der Waals surface area contributed by atoms with E-state index in [0.717, 1.165) is 18.4 Å². The van der Waals surface area contributed by atoms with Crippen LogP contribution in [0.3, 0.4) is 0 Å². The van der Waals surface area contributed by atoms with E-state index in [9.17, 15) is 4.79 Å². The summed E-state index contributed by atoms with van der Waals surface area (Å²) >= 11 is 0. The molecule has 3 heteroatoms. The maximum atomic E-state index is 10.3. The summed E-state index contributed by atoms with van der Waals surface area (Å²) in [6, 6.07) is 0.439. The first kappa shape index (κ1) is 11.1. The summed E-state index contributed by atoms with van der Waals surface area (Å²) in [5.74, 6) is 0.468. The van der Waals surface area contributed by atoms with Gasteiger partial charge in [-0.25, -0.2) is 4.79 Å². The molecule has 0 radical (unpaired) electrons. The molecule has 80 valence electrons. The fourth-order valence-electron chi connectivity index (χ4n) is 2.06. The van der Waals surface area contributed by atoms with Crippen molar-refractivity contribution in [2.45, 2.75) is 39.2 Å². The van der Waals surface area contributed by atoms with E-state index in [1.54, 1.807) is 6.20 Å². The number of carboxylic acid groups (broad SMARTS) is 1. The number of hydrogen-bond donors (Lipinski definition) is 2. The molecule has 2 N–H and O–H groups in total. The van der Waals surface area contributed by atoms with Crippen LogP contribution in [0.5, 0.6) is 0 Å². The standard InChI is InChI=1S/C11H19NO2/c1-8-4-3-5-10(9(8)2)12-7-6-11(13)14/h6-10,12H,3-5H2,1-2H3,(H,13,14)/b7-6+. The maximum Gasteiger partial charge on any atom is 0.329 e. The third-order valence-electron chi connectivity index (χ3n) is 3.24. The molecule has 1 fully saturated rings. The molecule has 1 rings (SSSR count). The van der Waals surface area contributed by atoms with Crippen molar-refractivity contribution in [2.24, 2.45) is 11.8 Å². The predicted octanol–water partition coefficient (Wildman–Crippen LogP) is 2.00. The van der Waals surface area contributed by atoms with Gasteiger partial charge in [-0.1, -0.05) is 26.7 Å². The minimum atomic E-state index is -0.894. The number of aliphatic carboxylic acids is 1. The second kappa shape index (κ2) is 5.03. The monoisotopic (exact) mass is 197 g/mol. The second-order valence-corrected chi connectivity index (χ2v) is 4.21. The number of rotatable bonds is 3. The first-order chi connectivity index (χ1) is 6.61. The van der Waals surface area contributed by atoms with Crippen LogP contribution in [0.2, 0.25) is 0 Å². The van der Waals surface area contributed by atoms with Gasteiger partial charge in [-0.2, -0.15) is 0 Å². The molecule has 0 amide bonds. The molecule has 0 aromatic rings. The molecule has 1 aliphatic rings. The van der Waals surface area contributed by atoms with E-state index in [1.165, 1.54) is 12.8 Å². The molecule has 0 aromatic heterocycles. The van der Waals surface area contributed by atoms with Crippen LogP contribution >= 0.6 is 0 Å². The highest BCUT2D eigenvalue weighted by Crippen LogP contribution is 2.29. The van der Waals surface area contributed by atoms with Crippen molar-refractivity contribution in [2.75, 3.05) is 0 Å². The van der Waals surface area contributed by atoms with E-state index in [1.807, 2.05) is 0 Å². The Balaban J connectivity index is 2.39. The van der Waals surface area contributed by atoms with Crippen molar-refractivity contribution in [3.63, 3.8) is 0 Å². The zero-order valence-corrected chi connectivity index (χ0v) is 8.86. The maximum absolute atomic E-state index is 10.3. The summed E-state index contributed by atoms with van der Waals surface area (Å²) in [6.45, 7) is 4.50. The van der Waals surface area contributed by atoms with Crippen LogP contribution in [-0.2, 0) is 4.79 Å². The Morgan fingerprint density at radius 1 is 1.43 bits per heavy atom. The quantitative estimate of drug-likeness (QED) is 0.680. The van der Waals surface area contributed by atoms with Gasteiger partial charge in [-0.05, 0) is 18.3 Å². The lowest BCUT2D eigenvalue weighted by atomic mass is 9.78. The van der Waals surface area contributed by atoms with Crippen LogP contribution in [0.1, 0.15) is 33.1 Å². The SMILES string of the molecule is CC1CCCC(N/C=C/C(=O)O)C1C. The summed E-state index contributed by atoms with van der Waals surface area (Å²) in [5.41, 5.74) is 0. The molecule has 0 heterocycles. The van der Waals surface area contributed by atoms with E-state index in [2.05, 4.69) is 19.2 Å². The Bertz CT molecular complexity index is 225. The fourth-order valence-corrected chi connectivity index (χ4v) is 2.06. The molecule has 1 aliphatic carbocycles. The number of carboxylic acids is 1. The summed E-state index contributed by atoms with van der Waals surface area (Å²) in [5, 5.41) is 11.6. The molecule has 3 unspecified atom stereocenters. The van der Waals surface area contributed by atoms with Crippen LogP contribution in [-0.4, -0.2) is 17.1 Å². The lowest BCUT2D eigenvalue weighted by Crippen LogP contribution is -2.37. The van der Waals surface area contributed by atoms with Gasteiger partial charge in [-0.3, -0.25) is 0 Å². The van der Waals surface area contributed by atoms with Gasteiger partial charge in [0, 0.05) is 18.3 Å². The Labute approximate surface area is 85.2 Å². The van der Waals surface area contributed by atoms with E-state index >= 15 is 0 Å². The van der Waals surface area contributed by atoms with Crippen molar-refractivity contribution in [3.8, 4) is 0 Å². The predicted molar refractivity (Wildman–Crippen MR) is 55.9 cm³/mol. The first-order valence-corrected chi connectivity index (χ1v) is 5.26. The molecule has 0 spiro atoms. The van der Waals surface area contributed by atoms with Crippen molar-refractivity contribution in [1.29, 1.82) is 0 Å². The zero-order valence-electron chi connectivity index (χ0n) is 8.86. The van der Waals surface area contributed by atoms with Gasteiger partial charge >= 0.3 is 5.97 Å². The number of carbonyl (C=O) groups is 1. The fraction of sp³-hybridized carbons (Fsp3) is 0.727. The van der Waals surface area contributed by atoms with Gasteiger partial charge in [0.2, 0.25) is 0 Å². The molecule has 3 nitrogen and oxygen atoms in total. The van der Waals surface area contributed by atoms with Gasteiger partial charge in [-0.15, -0.1) is 0 Å². The Kier molecular flexibility index (Phi) is 3.98. The highest BCUT2D eigenvalue weighted by atomic mass is 16.4. The molecule has 0 saturated heterocycles. The average molecular weight is 197 g/mol. The molecule has 14 heavy (non-hydrogen) atoms. The molecule has 1 saturated carbocycles. The topological polar surface area (TPSA) is 49.3 Å². The van der Waals surface area contributed by atoms with Gasteiger partial charge in [0.05, 0.1) is 0 Å².